The van der Waals surface area contributed by atoms with E-state index in [1.807, 2.05) is 0 Å². The number of halogens is 3. The molecule has 2 atom stereocenters. The summed E-state index contributed by atoms with van der Waals surface area (Å²) < 4.78 is 42.3. The summed E-state index contributed by atoms with van der Waals surface area (Å²) in [4.78, 5) is 37.5. The Hall–Kier alpha value is -2.66. The zero-order valence-electron chi connectivity index (χ0n) is 16.1. The van der Waals surface area contributed by atoms with Gasteiger partial charge in [-0.05, 0) is 30.5 Å². The molecule has 0 radical (unpaired) electrons. The monoisotopic (exact) mass is 428 g/mol. The number of nitrogens with two attached hydrogens (primary N) is 1. The molecule has 3 rings (SSSR count). The molecule has 164 valence electrons. The van der Waals surface area contributed by atoms with E-state index in [-0.39, 0.29) is 35.5 Å². The van der Waals surface area contributed by atoms with Crippen LogP contribution in [0.5, 0.6) is 0 Å². The predicted molar refractivity (Wildman–Crippen MR) is 98.9 cm³/mol. The predicted octanol–water partition coefficient (Wildman–Crippen LogP) is 0.690. The van der Waals surface area contributed by atoms with Crippen LogP contribution in [0.15, 0.2) is 24.3 Å². The van der Waals surface area contributed by atoms with Crippen molar-refractivity contribution in [2.45, 2.75) is 31.2 Å². The summed E-state index contributed by atoms with van der Waals surface area (Å²) >= 11 is 0. The maximum Gasteiger partial charge on any atom is 0.471 e. The van der Waals surface area contributed by atoms with Gasteiger partial charge >= 0.3 is 12.1 Å². The molecule has 2 aliphatic rings. The van der Waals surface area contributed by atoms with E-state index < -0.39 is 24.2 Å². The van der Waals surface area contributed by atoms with Crippen molar-refractivity contribution in [1.82, 2.24) is 15.5 Å². The molecular weight excluding hydrogens is 405 g/mol. The molecule has 0 aromatic heterocycles. The van der Waals surface area contributed by atoms with Crippen molar-refractivity contribution in [3.8, 4) is 0 Å². The summed E-state index contributed by atoms with van der Waals surface area (Å²) in [6.07, 6.45) is -4.60. The highest BCUT2D eigenvalue weighted by Gasteiger charge is 2.39. The molecule has 1 heterocycles. The number of hydrogen-bond acceptors (Lipinski definition) is 5. The lowest BCUT2D eigenvalue weighted by Crippen LogP contribution is -2.54. The third kappa shape index (κ3) is 5.48. The van der Waals surface area contributed by atoms with Gasteiger partial charge in [-0.1, -0.05) is 12.1 Å². The first-order valence-corrected chi connectivity index (χ1v) is 9.56. The van der Waals surface area contributed by atoms with Crippen molar-refractivity contribution < 1.29 is 32.3 Å². The Bertz CT molecular complexity index is 796. The maximum atomic E-state index is 12.4. The molecule has 0 spiro atoms. The highest BCUT2D eigenvalue weighted by atomic mass is 19.4. The highest BCUT2D eigenvalue weighted by Crippen LogP contribution is 2.32. The molecular formula is C19H23F3N4O4. The van der Waals surface area contributed by atoms with Crippen molar-refractivity contribution in [3.63, 3.8) is 0 Å². The average molecular weight is 428 g/mol. The van der Waals surface area contributed by atoms with Crippen LogP contribution in [0.3, 0.4) is 0 Å². The van der Waals surface area contributed by atoms with E-state index >= 15 is 0 Å². The fraction of sp³-hybridized carbons (Fsp3) is 0.526. The van der Waals surface area contributed by atoms with Gasteiger partial charge in [0.25, 0.3) is 5.91 Å². The van der Waals surface area contributed by atoms with Gasteiger partial charge in [0, 0.05) is 24.6 Å². The Morgan fingerprint density at radius 3 is 2.47 bits per heavy atom. The van der Waals surface area contributed by atoms with E-state index in [0.29, 0.717) is 19.8 Å². The summed E-state index contributed by atoms with van der Waals surface area (Å²) in [5.41, 5.74) is 6.05. The second-order valence-corrected chi connectivity index (χ2v) is 7.32. The van der Waals surface area contributed by atoms with Crippen LogP contribution < -0.4 is 16.4 Å². The Balaban J connectivity index is 1.54. The number of alkyl halides is 3. The Morgan fingerprint density at radius 2 is 1.87 bits per heavy atom. The topological polar surface area (TPSA) is 114 Å². The molecule has 0 bridgehead atoms. The number of nitrogens with zero attached hydrogens (tertiary/aromatic N) is 1. The summed E-state index contributed by atoms with van der Waals surface area (Å²) in [5.74, 6) is -2.37. The summed E-state index contributed by atoms with van der Waals surface area (Å²) in [5, 5.41) is 4.40. The second kappa shape index (κ2) is 9.00. The van der Waals surface area contributed by atoms with Crippen molar-refractivity contribution >= 4 is 17.7 Å². The van der Waals surface area contributed by atoms with Crippen LogP contribution in [-0.4, -0.2) is 61.1 Å². The van der Waals surface area contributed by atoms with E-state index in [0.717, 1.165) is 12.8 Å². The minimum Gasteiger partial charge on any atom is -0.377 e. The quantitative estimate of drug-likeness (QED) is 0.577. The molecule has 8 nitrogen and oxygen atoms in total. The fourth-order valence-electron chi connectivity index (χ4n) is 3.14. The molecule has 11 heteroatoms. The smallest absolute Gasteiger partial charge is 0.377 e. The molecule has 1 saturated carbocycles. The molecule has 1 saturated heterocycles. The van der Waals surface area contributed by atoms with E-state index in [9.17, 15) is 27.6 Å². The Kier molecular flexibility index (Phi) is 6.61. The zero-order chi connectivity index (χ0) is 21.9. The maximum absolute atomic E-state index is 12.4. The third-order valence-corrected chi connectivity index (χ3v) is 5.01. The zero-order valence-corrected chi connectivity index (χ0v) is 16.1. The first-order chi connectivity index (χ1) is 14.2. The van der Waals surface area contributed by atoms with Gasteiger partial charge in [0.05, 0.1) is 19.3 Å². The fourth-order valence-corrected chi connectivity index (χ4v) is 3.14. The van der Waals surface area contributed by atoms with Crippen LogP contribution in [0.4, 0.5) is 13.2 Å². The lowest BCUT2D eigenvalue weighted by Gasteiger charge is -2.35. The van der Waals surface area contributed by atoms with Crippen molar-refractivity contribution in [3.05, 3.63) is 35.4 Å². The Morgan fingerprint density at radius 1 is 1.20 bits per heavy atom. The third-order valence-electron chi connectivity index (χ3n) is 5.01. The Labute approximate surface area is 170 Å². The average Bonchev–Trinajstić information content (AvgIpc) is 3.56. The molecule has 4 N–H and O–H groups in total. The minimum absolute atomic E-state index is 0.0795. The molecule has 1 aromatic carbocycles. The molecule has 1 aliphatic heterocycles. The normalized spacial score (nSPS) is 20.4. The first kappa shape index (κ1) is 22.0. The van der Waals surface area contributed by atoms with Crippen LogP contribution in [0.2, 0.25) is 0 Å². The van der Waals surface area contributed by atoms with Gasteiger partial charge < -0.3 is 26.0 Å². The number of amides is 3. The number of morpholine rings is 1. The van der Waals surface area contributed by atoms with Gasteiger partial charge in [0.1, 0.15) is 6.17 Å². The first-order valence-electron chi connectivity index (χ1n) is 9.56. The summed E-state index contributed by atoms with van der Waals surface area (Å²) in [6.45, 7) is 1.52. The van der Waals surface area contributed by atoms with Crippen LogP contribution in [0.1, 0.15) is 34.9 Å². The highest BCUT2D eigenvalue weighted by molar-refractivity contribution is 5.94. The lowest BCUT2D eigenvalue weighted by molar-refractivity contribution is -0.174. The van der Waals surface area contributed by atoms with Crippen molar-refractivity contribution in [2.75, 3.05) is 26.3 Å². The minimum atomic E-state index is -5.03. The molecule has 2 unspecified atom stereocenters. The van der Waals surface area contributed by atoms with E-state index in [1.54, 1.807) is 10.2 Å². The number of carbonyl (C=O) groups excluding carboxylic acids is 3. The number of nitrogens with one attached hydrogen (secondary N) is 2. The lowest BCUT2D eigenvalue weighted by atomic mass is 10.1. The van der Waals surface area contributed by atoms with Gasteiger partial charge in [-0.3, -0.25) is 14.4 Å². The number of carbonyl (C=O) groups is 3. The molecule has 1 aliphatic carbocycles. The van der Waals surface area contributed by atoms with Gasteiger partial charge in [0.15, 0.2) is 0 Å². The SMILES string of the molecule is NC(NC(=O)C(F)(F)F)c1ccc(C(=O)NCC2COCCN2C(=O)C2CC2)cc1. The summed E-state index contributed by atoms with van der Waals surface area (Å²) in [6, 6.07) is 5.27. The number of hydrogen-bond donors (Lipinski definition) is 3. The summed E-state index contributed by atoms with van der Waals surface area (Å²) in [7, 11) is 0. The van der Waals surface area contributed by atoms with E-state index in [1.165, 1.54) is 24.3 Å². The number of ether oxygens (including phenoxy) is 1. The van der Waals surface area contributed by atoms with Gasteiger partial charge in [-0.25, -0.2) is 0 Å². The van der Waals surface area contributed by atoms with Crippen molar-refractivity contribution in [2.24, 2.45) is 11.7 Å². The van der Waals surface area contributed by atoms with E-state index in [2.05, 4.69) is 5.32 Å². The van der Waals surface area contributed by atoms with Crippen LogP contribution in [0.25, 0.3) is 0 Å². The molecule has 2 fully saturated rings. The number of rotatable bonds is 6. The van der Waals surface area contributed by atoms with Crippen LogP contribution >= 0.6 is 0 Å². The standard InChI is InChI=1S/C19H23F3N4O4/c20-19(21,22)18(29)25-15(23)11-1-3-12(4-2-11)16(27)24-9-14-10-30-8-7-26(14)17(28)13-5-6-13/h1-4,13-15H,5-10,23H2,(H,24,27)(H,25,29). The second-order valence-electron chi connectivity index (χ2n) is 7.32. The van der Waals surface area contributed by atoms with Crippen LogP contribution in [0, 0.1) is 5.92 Å². The van der Waals surface area contributed by atoms with Gasteiger partial charge in [-0.2, -0.15) is 13.2 Å². The molecule has 1 aromatic rings. The molecule has 3 amide bonds. The van der Waals surface area contributed by atoms with Gasteiger partial charge in [0.2, 0.25) is 5.91 Å². The number of benzene rings is 1. The molecule has 30 heavy (non-hydrogen) atoms. The van der Waals surface area contributed by atoms with Crippen molar-refractivity contribution in [1.29, 1.82) is 0 Å². The van der Waals surface area contributed by atoms with Gasteiger partial charge in [-0.15, -0.1) is 0 Å². The van der Waals surface area contributed by atoms with E-state index in [4.69, 9.17) is 10.5 Å². The van der Waals surface area contributed by atoms with Crippen LogP contribution in [-0.2, 0) is 14.3 Å². The largest absolute Gasteiger partial charge is 0.471 e.